The monoisotopic (exact) mass is 292 g/mol. The standard InChI is InChI=1S/C15H14ClFN2O/c16-9-11-5-6-18-15(14(11)17)19-7-8-20-13-4-2-1-3-12(13)10-19/h1-6H,7-10H2. The summed E-state index contributed by atoms with van der Waals surface area (Å²) in [5, 5.41) is 0. The molecule has 0 atom stereocenters. The number of benzene rings is 1. The van der Waals surface area contributed by atoms with Crippen LogP contribution in [0.2, 0.25) is 0 Å². The highest BCUT2D eigenvalue weighted by Crippen LogP contribution is 2.27. The molecule has 1 aliphatic heterocycles. The summed E-state index contributed by atoms with van der Waals surface area (Å²) in [5.41, 5.74) is 1.50. The van der Waals surface area contributed by atoms with Gasteiger partial charge in [0.15, 0.2) is 11.6 Å². The second-order valence-electron chi connectivity index (χ2n) is 4.62. The first kappa shape index (κ1) is 13.2. The summed E-state index contributed by atoms with van der Waals surface area (Å²) in [6.45, 7) is 1.67. The minimum absolute atomic E-state index is 0.141. The minimum atomic E-state index is -0.345. The van der Waals surface area contributed by atoms with Crippen molar-refractivity contribution in [2.45, 2.75) is 12.4 Å². The third kappa shape index (κ3) is 2.43. The molecule has 1 aliphatic rings. The summed E-state index contributed by atoms with van der Waals surface area (Å²) in [4.78, 5) is 6.05. The number of rotatable bonds is 2. The van der Waals surface area contributed by atoms with Crippen molar-refractivity contribution in [2.75, 3.05) is 18.1 Å². The van der Waals surface area contributed by atoms with E-state index in [0.717, 1.165) is 11.3 Å². The van der Waals surface area contributed by atoms with Crippen LogP contribution < -0.4 is 9.64 Å². The van der Waals surface area contributed by atoms with Gasteiger partial charge in [-0.25, -0.2) is 9.37 Å². The predicted octanol–water partition coefficient (Wildman–Crippen LogP) is 3.36. The Kier molecular flexibility index (Phi) is 3.74. The average Bonchev–Trinajstić information content (AvgIpc) is 2.69. The summed E-state index contributed by atoms with van der Waals surface area (Å²) in [6.07, 6.45) is 1.59. The molecule has 0 unspecified atom stereocenters. The highest BCUT2D eigenvalue weighted by molar-refractivity contribution is 6.17. The number of halogens is 2. The van der Waals surface area contributed by atoms with Crippen molar-refractivity contribution in [2.24, 2.45) is 0 Å². The SMILES string of the molecule is Fc1c(CCl)ccnc1N1CCOc2ccccc2C1. The molecule has 5 heteroatoms. The van der Waals surface area contributed by atoms with E-state index in [1.54, 1.807) is 12.3 Å². The predicted molar refractivity (Wildman–Crippen MR) is 76.7 cm³/mol. The summed E-state index contributed by atoms with van der Waals surface area (Å²) >= 11 is 5.75. The first-order valence-corrected chi connectivity index (χ1v) is 6.98. The van der Waals surface area contributed by atoms with E-state index in [4.69, 9.17) is 16.3 Å². The molecule has 20 heavy (non-hydrogen) atoms. The van der Waals surface area contributed by atoms with Crippen molar-refractivity contribution in [1.82, 2.24) is 4.98 Å². The lowest BCUT2D eigenvalue weighted by atomic mass is 10.2. The zero-order chi connectivity index (χ0) is 13.9. The maximum absolute atomic E-state index is 14.3. The Morgan fingerprint density at radius 1 is 1.30 bits per heavy atom. The molecule has 3 nitrogen and oxygen atoms in total. The Hall–Kier alpha value is -1.81. The number of fused-ring (bicyclic) bond motifs is 1. The number of pyridine rings is 1. The van der Waals surface area contributed by atoms with Crippen LogP contribution in [0.4, 0.5) is 10.2 Å². The molecule has 0 saturated carbocycles. The molecule has 0 N–H and O–H groups in total. The normalized spacial score (nSPS) is 14.4. The van der Waals surface area contributed by atoms with Crippen molar-refractivity contribution >= 4 is 17.4 Å². The zero-order valence-electron chi connectivity index (χ0n) is 10.9. The molecule has 104 valence electrons. The lowest BCUT2D eigenvalue weighted by molar-refractivity contribution is 0.331. The Balaban J connectivity index is 1.95. The average molecular weight is 293 g/mol. The van der Waals surface area contributed by atoms with E-state index in [9.17, 15) is 4.39 Å². The number of hydrogen-bond donors (Lipinski definition) is 0. The molecule has 0 amide bonds. The van der Waals surface area contributed by atoms with Crippen molar-refractivity contribution in [3.63, 3.8) is 0 Å². The van der Waals surface area contributed by atoms with Gasteiger partial charge in [0.25, 0.3) is 0 Å². The first-order valence-electron chi connectivity index (χ1n) is 6.44. The van der Waals surface area contributed by atoms with Gasteiger partial charge in [0.2, 0.25) is 0 Å². The number of aromatic nitrogens is 1. The summed E-state index contributed by atoms with van der Waals surface area (Å²) in [7, 11) is 0. The van der Waals surface area contributed by atoms with Crippen LogP contribution in [0.3, 0.4) is 0 Å². The fourth-order valence-electron chi connectivity index (χ4n) is 2.30. The van der Waals surface area contributed by atoms with E-state index < -0.39 is 0 Å². The lowest BCUT2D eigenvalue weighted by Gasteiger charge is -2.22. The van der Waals surface area contributed by atoms with Crippen LogP contribution in [0, 0.1) is 5.82 Å². The molecular formula is C15H14ClFN2O. The first-order chi connectivity index (χ1) is 9.79. The van der Waals surface area contributed by atoms with Crippen LogP contribution in [0.15, 0.2) is 36.5 Å². The molecule has 1 aromatic heterocycles. The number of hydrogen-bond acceptors (Lipinski definition) is 3. The second-order valence-corrected chi connectivity index (χ2v) is 4.89. The van der Waals surface area contributed by atoms with E-state index in [1.807, 2.05) is 29.2 Å². The van der Waals surface area contributed by atoms with Crippen LogP contribution in [-0.2, 0) is 12.4 Å². The molecule has 2 heterocycles. The number of para-hydroxylation sites is 1. The highest BCUT2D eigenvalue weighted by atomic mass is 35.5. The van der Waals surface area contributed by atoms with Crippen molar-refractivity contribution < 1.29 is 9.13 Å². The maximum Gasteiger partial charge on any atom is 0.170 e. The third-order valence-corrected chi connectivity index (χ3v) is 3.63. The van der Waals surface area contributed by atoms with Crippen LogP contribution in [0.25, 0.3) is 0 Å². The summed E-state index contributed by atoms with van der Waals surface area (Å²) in [5.74, 6) is 0.983. The fourth-order valence-corrected chi connectivity index (χ4v) is 2.51. The Bertz CT molecular complexity index is 621. The van der Waals surface area contributed by atoms with Crippen molar-refractivity contribution in [3.05, 3.63) is 53.5 Å². The number of alkyl halides is 1. The third-order valence-electron chi connectivity index (χ3n) is 3.35. The molecular weight excluding hydrogens is 279 g/mol. The van der Waals surface area contributed by atoms with Crippen LogP contribution in [-0.4, -0.2) is 18.1 Å². The number of ether oxygens (including phenoxy) is 1. The molecule has 1 aromatic carbocycles. The number of anilines is 1. The van der Waals surface area contributed by atoms with Gasteiger partial charge in [-0.2, -0.15) is 0 Å². The largest absolute Gasteiger partial charge is 0.491 e. The molecule has 0 spiro atoms. The van der Waals surface area contributed by atoms with Crippen LogP contribution in [0.1, 0.15) is 11.1 Å². The lowest BCUT2D eigenvalue weighted by Crippen LogP contribution is -2.27. The molecule has 0 aliphatic carbocycles. The van der Waals surface area contributed by atoms with Gasteiger partial charge in [0, 0.05) is 23.9 Å². The zero-order valence-corrected chi connectivity index (χ0v) is 11.6. The van der Waals surface area contributed by atoms with Gasteiger partial charge in [0.1, 0.15) is 12.4 Å². The quantitative estimate of drug-likeness (QED) is 0.794. The molecule has 0 radical (unpaired) electrons. The van der Waals surface area contributed by atoms with Gasteiger partial charge in [-0.15, -0.1) is 11.6 Å². The van der Waals surface area contributed by atoms with E-state index in [0.29, 0.717) is 31.1 Å². The maximum atomic E-state index is 14.3. The molecule has 0 saturated heterocycles. The Morgan fingerprint density at radius 2 is 2.15 bits per heavy atom. The number of nitrogens with zero attached hydrogens (tertiary/aromatic N) is 2. The van der Waals surface area contributed by atoms with E-state index in [1.165, 1.54) is 0 Å². The highest BCUT2D eigenvalue weighted by Gasteiger charge is 2.20. The Morgan fingerprint density at radius 3 is 3.00 bits per heavy atom. The van der Waals surface area contributed by atoms with Gasteiger partial charge < -0.3 is 9.64 Å². The summed E-state index contributed by atoms with van der Waals surface area (Å²) in [6, 6.07) is 9.40. The molecule has 0 bridgehead atoms. The fraction of sp³-hybridized carbons (Fsp3) is 0.267. The van der Waals surface area contributed by atoms with Gasteiger partial charge in [-0.1, -0.05) is 18.2 Å². The van der Waals surface area contributed by atoms with Crippen LogP contribution >= 0.6 is 11.6 Å². The van der Waals surface area contributed by atoms with E-state index in [-0.39, 0.29) is 11.7 Å². The van der Waals surface area contributed by atoms with E-state index in [2.05, 4.69) is 4.98 Å². The Labute approximate surface area is 122 Å². The summed E-state index contributed by atoms with van der Waals surface area (Å²) < 4.78 is 20.0. The van der Waals surface area contributed by atoms with Gasteiger partial charge >= 0.3 is 0 Å². The van der Waals surface area contributed by atoms with Crippen LogP contribution in [0.5, 0.6) is 5.75 Å². The van der Waals surface area contributed by atoms with Gasteiger partial charge in [-0.3, -0.25) is 0 Å². The van der Waals surface area contributed by atoms with E-state index >= 15 is 0 Å². The smallest absolute Gasteiger partial charge is 0.170 e. The van der Waals surface area contributed by atoms with Gasteiger partial charge in [0.05, 0.1) is 12.4 Å². The minimum Gasteiger partial charge on any atom is -0.491 e. The van der Waals surface area contributed by atoms with Crippen molar-refractivity contribution in [1.29, 1.82) is 0 Å². The molecule has 2 aromatic rings. The topological polar surface area (TPSA) is 25.4 Å². The van der Waals surface area contributed by atoms with Gasteiger partial charge in [-0.05, 0) is 12.1 Å². The molecule has 3 rings (SSSR count). The second kappa shape index (κ2) is 5.67. The molecule has 0 fully saturated rings. The van der Waals surface area contributed by atoms with Crippen molar-refractivity contribution in [3.8, 4) is 5.75 Å².